The number of carbonyl (C=O) groups is 11. The topological polar surface area (TPSA) is 430 Å². The van der Waals surface area contributed by atoms with Crippen LogP contribution in [0.3, 0.4) is 0 Å². The number of rotatable bonds is 34. The van der Waals surface area contributed by atoms with Crippen LogP contribution in [-0.4, -0.2) is 181 Å². The predicted octanol–water partition coefficient (Wildman–Crippen LogP) is 1.15. The van der Waals surface area contributed by atoms with Gasteiger partial charge in [0.1, 0.15) is 66.7 Å². The van der Waals surface area contributed by atoms with Gasteiger partial charge in [-0.3, -0.25) is 52.7 Å². The largest absolute Gasteiger partial charge is 0.508 e. The molecule has 518 valence electrons. The van der Waals surface area contributed by atoms with Crippen molar-refractivity contribution >= 4 is 98.3 Å². The second-order valence-corrected chi connectivity index (χ2v) is 24.5. The summed E-state index contributed by atoms with van der Waals surface area (Å²) in [6, 6.07) is 20.2. The molecule has 8 rings (SSSR count). The van der Waals surface area contributed by atoms with Gasteiger partial charge in [0, 0.05) is 79.6 Å². The number of imidazole rings is 1. The van der Waals surface area contributed by atoms with Gasteiger partial charge in [-0.25, -0.2) is 4.98 Å². The Morgan fingerprint density at radius 2 is 1.16 bits per heavy atom. The highest BCUT2D eigenvalue weighted by Crippen LogP contribution is 2.24. The summed E-state index contributed by atoms with van der Waals surface area (Å²) in [5.41, 5.74) is 9.30. The Kier molecular flexibility index (Phi) is 26.4. The van der Waals surface area contributed by atoms with E-state index in [4.69, 9.17) is 17.3 Å². The molecule has 29 heteroatoms. The molecule has 5 aromatic carbocycles. The van der Waals surface area contributed by atoms with Gasteiger partial charge in [0.05, 0.1) is 12.9 Å². The number of halogens is 1. The number of unbranched alkanes of at least 4 members (excludes halogenated alkanes) is 1. The van der Waals surface area contributed by atoms with Crippen molar-refractivity contribution in [2.45, 2.75) is 132 Å². The molecule has 0 spiro atoms. The van der Waals surface area contributed by atoms with Crippen LogP contribution in [0.15, 0.2) is 134 Å². The Morgan fingerprint density at radius 1 is 0.612 bits per heavy atom. The summed E-state index contributed by atoms with van der Waals surface area (Å²) in [4.78, 5) is 164. The van der Waals surface area contributed by atoms with E-state index in [0.29, 0.717) is 51.2 Å². The number of aromatic nitrogens is 3. The van der Waals surface area contributed by atoms with E-state index in [-0.39, 0.29) is 70.2 Å². The number of phenolic OH excluding ortho intramolecular Hbond substituents is 1. The predicted molar refractivity (Wildman–Crippen MR) is 361 cm³/mol. The van der Waals surface area contributed by atoms with E-state index in [2.05, 4.69) is 62.8 Å². The quantitative estimate of drug-likeness (QED) is 0.0252. The molecule has 1 saturated heterocycles. The number of aliphatic hydroxyl groups excluding tert-OH is 1. The number of hydrogen-bond acceptors (Lipinski definition) is 15. The second kappa shape index (κ2) is 35.3. The number of amides is 10. The summed E-state index contributed by atoms with van der Waals surface area (Å²) < 4.78 is 0. The molecule has 10 amide bonds. The number of carbonyl (C=O) groups excluding carboxylic acids is 10. The molecule has 0 unspecified atom stereocenters. The summed E-state index contributed by atoms with van der Waals surface area (Å²) >= 11 is 6.17. The van der Waals surface area contributed by atoms with Crippen LogP contribution in [0.1, 0.15) is 73.9 Å². The van der Waals surface area contributed by atoms with Crippen molar-refractivity contribution in [3.05, 3.63) is 167 Å². The van der Waals surface area contributed by atoms with Crippen molar-refractivity contribution in [1.82, 2.24) is 67.7 Å². The van der Waals surface area contributed by atoms with Gasteiger partial charge in [-0.2, -0.15) is 0 Å². The molecule has 9 atom stereocenters. The first-order valence-corrected chi connectivity index (χ1v) is 32.5. The number of phenols is 1. The van der Waals surface area contributed by atoms with Crippen LogP contribution in [0.2, 0.25) is 5.02 Å². The lowest BCUT2D eigenvalue weighted by Crippen LogP contribution is -2.61. The van der Waals surface area contributed by atoms with Gasteiger partial charge >= 0.3 is 5.97 Å². The van der Waals surface area contributed by atoms with Crippen LogP contribution in [-0.2, 0) is 84.8 Å². The molecule has 0 aliphatic carbocycles. The zero-order chi connectivity index (χ0) is 70.4. The Balaban J connectivity index is 0.985. The average Bonchev–Trinajstić information content (AvgIpc) is 1.55. The molecule has 16 N–H and O–H groups in total. The first kappa shape index (κ1) is 73.1. The molecule has 3 heterocycles. The number of aromatic amines is 2. The zero-order valence-corrected chi connectivity index (χ0v) is 54.7. The normalized spacial score (nSPS) is 15.2. The molecule has 2 aromatic heterocycles. The van der Waals surface area contributed by atoms with Crippen molar-refractivity contribution in [3.63, 3.8) is 0 Å². The smallest absolute Gasteiger partial charge is 0.322 e. The minimum Gasteiger partial charge on any atom is -0.508 e. The molecule has 0 radical (unpaired) electrons. The fraction of sp³-hybridized carbons (Fsp3) is 0.362. The van der Waals surface area contributed by atoms with Crippen LogP contribution in [0.5, 0.6) is 5.75 Å². The Hall–Kier alpha value is -10.7. The minimum atomic E-state index is -1.75. The van der Waals surface area contributed by atoms with Gasteiger partial charge in [-0.1, -0.05) is 96.5 Å². The number of fused-ring (bicyclic) bond motifs is 2. The number of para-hydroxylation sites is 1. The lowest BCUT2D eigenvalue weighted by atomic mass is 10.00. The molecule has 0 bridgehead atoms. The van der Waals surface area contributed by atoms with Gasteiger partial charge in [0.25, 0.3) is 0 Å². The highest BCUT2D eigenvalue weighted by molar-refractivity contribution is 6.30. The lowest BCUT2D eigenvalue weighted by molar-refractivity contribution is -0.143. The number of aliphatic hydroxyl groups is 1. The van der Waals surface area contributed by atoms with Gasteiger partial charge < -0.3 is 83.8 Å². The highest BCUT2D eigenvalue weighted by Gasteiger charge is 2.40. The van der Waals surface area contributed by atoms with Gasteiger partial charge in [0.2, 0.25) is 59.1 Å². The average molecular weight is 1370 g/mol. The number of benzene rings is 5. The van der Waals surface area contributed by atoms with Crippen LogP contribution < -0.4 is 53.6 Å². The molecule has 28 nitrogen and oxygen atoms in total. The molecular formula is C69H81ClN14O14. The van der Waals surface area contributed by atoms with E-state index < -0.39 is 133 Å². The van der Waals surface area contributed by atoms with E-state index in [9.17, 15) is 63.3 Å². The van der Waals surface area contributed by atoms with Crippen molar-refractivity contribution in [3.8, 4) is 5.75 Å². The molecule has 7 aromatic rings. The van der Waals surface area contributed by atoms with E-state index in [1.165, 1.54) is 43.4 Å². The molecule has 98 heavy (non-hydrogen) atoms. The molecule has 1 aliphatic rings. The van der Waals surface area contributed by atoms with Crippen LogP contribution in [0, 0.1) is 0 Å². The number of aromatic hydroxyl groups is 1. The summed E-state index contributed by atoms with van der Waals surface area (Å²) in [6.45, 7) is 1.15. The number of hydrogen-bond donors (Lipinski definition) is 15. The molecular weight excluding hydrogens is 1280 g/mol. The maximum atomic E-state index is 15.0. The van der Waals surface area contributed by atoms with E-state index in [0.717, 1.165) is 16.3 Å². The van der Waals surface area contributed by atoms with Crippen molar-refractivity contribution < 1.29 is 68.1 Å². The standard InChI is InChI=1S/C69H81ClN14O14/c1-39(76-63(92)54(29-41-17-22-47(70)23-18-41)79-64(93)53(77-40(2)86)31-43-16-21-44-10-3-4-11-45(44)28-43)61(90)83-58(37-85)67(96)81-56(33-48-35-72-38-75-48)66(95)78-52(14-7-8-26-71)62(91)80-55(32-46-34-73-51-13-6-5-12-50(46)51)65(94)82-57(30-42-19-24-49(87)25-20-42)69(98)84-27-9-15-59(84)68(97)74-36-60(88)89/h3-6,10-13,16-25,28,34-35,38-39,52-59,73,85,87H,7-9,14-15,26-27,29-33,36-37,71H2,1-2H3,(H,72,75)(H,74,97)(H,76,92)(H,77,86)(H,78,95)(H,79,93)(H,80,91)(H,81,96)(H,82,94)(H,83,90)(H,88,89)/t39-,52+,53+,54+,55-,56-,57-,58-,59-/m0/s1. The van der Waals surface area contributed by atoms with Gasteiger partial charge in [0.15, 0.2) is 0 Å². The molecule has 1 aliphatic heterocycles. The number of carboxylic acids is 1. The monoisotopic (exact) mass is 1360 g/mol. The summed E-state index contributed by atoms with van der Waals surface area (Å²) in [7, 11) is 0. The second-order valence-electron chi connectivity index (χ2n) is 24.1. The lowest BCUT2D eigenvalue weighted by Gasteiger charge is -2.30. The SMILES string of the molecule is CC(=O)N[C@H](Cc1ccc2ccccc2c1)C(=O)N[C@H](Cc1ccc(Cl)cc1)C(=O)N[C@@H](C)C(=O)N[C@@H](CO)C(=O)N[C@@H](Cc1cnc[nH]1)C(=O)N[C@H](CCCCN)C(=O)N[C@@H](Cc1c[nH]c2ccccc12)C(=O)N[C@@H](Cc1ccc(O)cc1)C(=O)N1CCC[C@H]1C(=O)NCC(=O)O. The number of carboxylic acid groups (broad SMARTS) is 1. The van der Waals surface area contributed by atoms with Crippen LogP contribution in [0.25, 0.3) is 21.7 Å². The minimum absolute atomic E-state index is 0.0481. The fourth-order valence-electron chi connectivity index (χ4n) is 11.5. The summed E-state index contributed by atoms with van der Waals surface area (Å²) in [6.07, 6.45) is 4.94. The Labute approximate surface area is 568 Å². The number of H-pyrrole nitrogens is 2. The third kappa shape index (κ3) is 20.9. The number of aliphatic carboxylic acids is 1. The number of nitrogens with two attached hydrogens (primary N) is 1. The summed E-state index contributed by atoms with van der Waals surface area (Å²) in [5, 5.41) is 56.6. The maximum absolute atomic E-state index is 15.0. The molecule has 0 saturated carbocycles. The maximum Gasteiger partial charge on any atom is 0.322 e. The van der Waals surface area contributed by atoms with E-state index in [1.54, 1.807) is 60.8 Å². The first-order valence-electron chi connectivity index (χ1n) is 32.1. The van der Waals surface area contributed by atoms with Crippen LogP contribution in [0.4, 0.5) is 0 Å². The molecule has 1 fully saturated rings. The number of nitrogens with zero attached hydrogens (tertiary/aromatic N) is 2. The van der Waals surface area contributed by atoms with E-state index >= 15 is 4.79 Å². The van der Waals surface area contributed by atoms with Gasteiger partial charge in [-0.15, -0.1) is 0 Å². The van der Waals surface area contributed by atoms with Crippen molar-refractivity contribution in [2.75, 3.05) is 26.2 Å². The fourth-order valence-corrected chi connectivity index (χ4v) is 11.6. The third-order valence-corrected chi connectivity index (χ3v) is 16.9. The first-order chi connectivity index (χ1) is 47.0. The van der Waals surface area contributed by atoms with Gasteiger partial charge in [-0.05, 0) is 109 Å². The Morgan fingerprint density at radius 3 is 1.82 bits per heavy atom. The van der Waals surface area contributed by atoms with Crippen LogP contribution >= 0.6 is 11.6 Å². The van der Waals surface area contributed by atoms with E-state index in [1.807, 2.05) is 48.5 Å². The van der Waals surface area contributed by atoms with Crippen molar-refractivity contribution in [1.29, 1.82) is 0 Å². The highest BCUT2D eigenvalue weighted by atomic mass is 35.5. The van der Waals surface area contributed by atoms with Crippen molar-refractivity contribution in [2.24, 2.45) is 5.73 Å². The number of likely N-dealkylation sites (tertiary alicyclic amines) is 1. The third-order valence-electron chi connectivity index (χ3n) is 16.7. The number of nitrogens with one attached hydrogen (secondary N) is 11. The summed E-state index contributed by atoms with van der Waals surface area (Å²) in [5.74, 6) is -9.47. The zero-order valence-electron chi connectivity index (χ0n) is 54.0. The Bertz CT molecular complexity index is 3960.